The summed E-state index contributed by atoms with van der Waals surface area (Å²) in [4.78, 5) is 0. The third kappa shape index (κ3) is 2.71. The summed E-state index contributed by atoms with van der Waals surface area (Å²) in [5, 5.41) is 7.44. The summed E-state index contributed by atoms with van der Waals surface area (Å²) in [6.07, 6.45) is 1.04. The molecule has 10 rings (SSSR count). The quantitative estimate of drug-likeness (QED) is 0.201. The van der Waals surface area contributed by atoms with E-state index in [2.05, 4.69) is 97.1 Å². The van der Waals surface area contributed by atoms with Crippen LogP contribution in [0.15, 0.2) is 97.1 Å². The molecule has 0 aliphatic carbocycles. The fourth-order valence-electron chi connectivity index (χ4n) is 7.76. The number of rotatable bonds is 0. The molecule has 4 unspecified atom stereocenters. The Morgan fingerprint density at radius 3 is 1.20 bits per heavy atom. The molecule has 4 heteroatoms. The Balaban J connectivity index is 1.24. The monoisotopic (exact) mass is 520 g/mol. The molecule has 4 aliphatic heterocycles. The molecule has 0 saturated carbocycles. The first-order chi connectivity index (χ1) is 19.8. The van der Waals surface area contributed by atoms with Crippen molar-refractivity contribution in [1.29, 1.82) is 0 Å². The number of fused-ring (bicyclic) bond motifs is 19. The van der Waals surface area contributed by atoms with Crippen molar-refractivity contribution in [3.63, 3.8) is 0 Å². The fourth-order valence-corrected chi connectivity index (χ4v) is 7.76. The topological polar surface area (TPSA) is 36.9 Å². The van der Waals surface area contributed by atoms with Gasteiger partial charge in [0.2, 0.25) is 12.6 Å². The lowest BCUT2D eigenvalue weighted by atomic mass is 9.76. The molecule has 0 aromatic heterocycles. The first-order valence-corrected chi connectivity index (χ1v) is 14.1. The second-order valence-electron chi connectivity index (χ2n) is 11.4. The Kier molecular flexibility index (Phi) is 3.96. The number of hydrogen-bond acceptors (Lipinski definition) is 4. The van der Waals surface area contributed by atoms with E-state index < -0.39 is 0 Å². The highest BCUT2D eigenvalue weighted by Gasteiger charge is 2.42. The van der Waals surface area contributed by atoms with Crippen LogP contribution in [0.3, 0.4) is 0 Å². The lowest BCUT2D eigenvalue weighted by Crippen LogP contribution is -2.36. The number of hydrogen-bond donors (Lipinski definition) is 0. The van der Waals surface area contributed by atoms with E-state index in [1.807, 2.05) is 0 Å². The van der Waals surface area contributed by atoms with Crippen molar-refractivity contribution in [3.8, 4) is 23.0 Å². The fraction of sp³-hybridized carbons (Fsp3) is 0.167. The van der Waals surface area contributed by atoms with Crippen LogP contribution >= 0.6 is 0 Å². The van der Waals surface area contributed by atoms with Crippen LogP contribution in [-0.4, -0.2) is 12.6 Å². The molecule has 0 saturated heterocycles. The summed E-state index contributed by atoms with van der Waals surface area (Å²) in [5.41, 5.74) is 5.04. The molecule has 40 heavy (non-hydrogen) atoms. The average Bonchev–Trinajstić information content (AvgIpc) is 2.99. The Labute approximate surface area is 230 Å². The summed E-state index contributed by atoms with van der Waals surface area (Å²) in [7, 11) is 0. The van der Waals surface area contributed by atoms with Gasteiger partial charge in [0.15, 0.2) is 0 Å². The Morgan fingerprint density at radius 2 is 0.750 bits per heavy atom. The highest BCUT2D eigenvalue weighted by molar-refractivity contribution is 5.97. The van der Waals surface area contributed by atoms with Gasteiger partial charge in [0.25, 0.3) is 0 Å². The highest BCUT2D eigenvalue weighted by atomic mass is 16.7. The van der Waals surface area contributed by atoms with Gasteiger partial charge in [-0.05, 0) is 56.6 Å². The minimum atomic E-state index is -0.279. The molecule has 4 bridgehead atoms. The highest BCUT2D eigenvalue weighted by Crippen LogP contribution is 2.56. The molecule has 6 aromatic carbocycles. The third-order valence-electron chi connectivity index (χ3n) is 9.35. The van der Waals surface area contributed by atoms with Gasteiger partial charge in [-0.1, -0.05) is 72.8 Å². The van der Waals surface area contributed by atoms with Crippen LogP contribution < -0.4 is 18.9 Å². The van der Waals surface area contributed by atoms with Crippen LogP contribution in [0, 0.1) is 0 Å². The number of ether oxygens (including phenoxy) is 4. The lowest BCUT2D eigenvalue weighted by Gasteiger charge is -2.41. The predicted octanol–water partition coefficient (Wildman–Crippen LogP) is 8.41. The maximum absolute atomic E-state index is 6.45. The molecule has 0 fully saturated rings. The standard InChI is InChI=1S/C36H24O4/c1-3-7-21-19(5-1)9-13-27-33(21)25-17-31(37-27)39-29-15-12-24-23(35(25)29)11-16-30-36(24)26-18-32(40-30)38-28-14-10-20-6-2-4-8-22(20)34(26)28/h1-16,25-26,31-32H,17-18H2. The zero-order valence-electron chi connectivity index (χ0n) is 21.6. The average molecular weight is 521 g/mol. The normalized spacial score (nSPS) is 23.1. The molecule has 4 aliphatic rings. The van der Waals surface area contributed by atoms with Gasteiger partial charge in [0.05, 0.1) is 0 Å². The molecule has 0 spiro atoms. The second kappa shape index (κ2) is 7.48. The van der Waals surface area contributed by atoms with Gasteiger partial charge < -0.3 is 18.9 Å². The summed E-state index contributed by atoms with van der Waals surface area (Å²) in [6.45, 7) is 0. The molecule has 0 amide bonds. The van der Waals surface area contributed by atoms with E-state index >= 15 is 0 Å². The molecular formula is C36H24O4. The van der Waals surface area contributed by atoms with Crippen LogP contribution in [0.1, 0.15) is 46.9 Å². The molecule has 192 valence electrons. The third-order valence-corrected chi connectivity index (χ3v) is 9.35. The smallest absolute Gasteiger partial charge is 0.242 e. The maximum atomic E-state index is 6.45. The minimum Gasteiger partial charge on any atom is -0.455 e. The van der Waals surface area contributed by atoms with Crippen LogP contribution in [0.2, 0.25) is 0 Å². The van der Waals surface area contributed by atoms with Gasteiger partial charge in [-0.15, -0.1) is 0 Å². The molecular weight excluding hydrogens is 496 g/mol. The Hall–Kier alpha value is -4.70. The van der Waals surface area contributed by atoms with Crippen molar-refractivity contribution in [3.05, 3.63) is 119 Å². The van der Waals surface area contributed by atoms with Crippen LogP contribution in [0.4, 0.5) is 0 Å². The van der Waals surface area contributed by atoms with Crippen LogP contribution in [0.5, 0.6) is 23.0 Å². The first kappa shape index (κ1) is 21.2. The van der Waals surface area contributed by atoms with E-state index in [0.29, 0.717) is 0 Å². The van der Waals surface area contributed by atoms with Crippen molar-refractivity contribution in [2.75, 3.05) is 0 Å². The van der Waals surface area contributed by atoms with Gasteiger partial charge >= 0.3 is 0 Å². The van der Waals surface area contributed by atoms with Crippen molar-refractivity contribution >= 4 is 32.3 Å². The van der Waals surface area contributed by atoms with E-state index in [1.165, 1.54) is 54.6 Å². The Morgan fingerprint density at radius 1 is 0.375 bits per heavy atom. The van der Waals surface area contributed by atoms with E-state index in [9.17, 15) is 0 Å². The molecule has 6 aromatic rings. The second-order valence-corrected chi connectivity index (χ2v) is 11.4. The van der Waals surface area contributed by atoms with Crippen molar-refractivity contribution in [2.24, 2.45) is 0 Å². The minimum absolute atomic E-state index is 0.186. The maximum Gasteiger partial charge on any atom is 0.242 e. The van der Waals surface area contributed by atoms with Gasteiger partial charge in [0.1, 0.15) is 23.0 Å². The van der Waals surface area contributed by atoms with Crippen LogP contribution in [0.25, 0.3) is 32.3 Å². The summed E-state index contributed by atoms with van der Waals surface area (Å²) in [6, 6.07) is 34.5. The number of benzene rings is 6. The van der Waals surface area contributed by atoms with Gasteiger partial charge in [-0.25, -0.2) is 0 Å². The largest absolute Gasteiger partial charge is 0.455 e. The summed E-state index contributed by atoms with van der Waals surface area (Å²) >= 11 is 0. The van der Waals surface area contributed by atoms with Gasteiger partial charge in [-0.2, -0.15) is 0 Å². The zero-order valence-corrected chi connectivity index (χ0v) is 21.6. The zero-order chi connectivity index (χ0) is 25.9. The van der Waals surface area contributed by atoms with E-state index in [0.717, 1.165) is 35.8 Å². The molecule has 4 atom stereocenters. The van der Waals surface area contributed by atoms with E-state index in [4.69, 9.17) is 18.9 Å². The van der Waals surface area contributed by atoms with E-state index in [-0.39, 0.29) is 24.4 Å². The Bertz CT molecular complexity index is 1910. The van der Waals surface area contributed by atoms with Gasteiger partial charge in [-0.3, -0.25) is 0 Å². The van der Waals surface area contributed by atoms with E-state index in [1.54, 1.807) is 0 Å². The first-order valence-electron chi connectivity index (χ1n) is 14.1. The van der Waals surface area contributed by atoms with Gasteiger partial charge in [0, 0.05) is 46.9 Å². The van der Waals surface area contributed by atoms with Crippen molar-refractivity contribution in [2.45, 2.75) is 37.3 Å². The molecule has 4 heterocycles. The summed E-state index contributed by atoms with van der Waals surface area (Å²) < 4.78 is 25.6. The molecule has 0 radical (unpaired) electrons. The predicted molar refractivity (Wildman–Crippen MR) is 155 cm³/mol. The molecule has 4 nitrogen and oxygen atoms in total. The SMILES string of the molecule is c1ccc2c3c(ccc2c1)OC1CC3c2c(ccc3c4c(ccc23)OC2CC4c3c(ccc4ccccc34)O2)O1. The summed E-state index contributed by atoms with van der Waals surface area (Å²) in [5.74, 6) is 4.06. The van der Waals surface area contributed by atoms with Crippen LogP contribution in [-0.2, 0) is 0 Å². The van der Waals surface area contributed by atoms with Crippen molar-refractivity contribution in [1.82, 2.24) is 0 Å². The lowest BCUT2D eigenvalue weighted by molar-refractivity contribution is -0.0265. The van der Waals surface area contributed by atoms with Crippen molar-refractivity contribution < 1.29 is 18.9 Å². The molecule has 0 N–H and O–H groups in total.